The summed E-state index contributed by atoms with van der Waals surface area (Å²) in [5, 5.41) is 3.36. The Bertz CT molecular complexity index is 334. The molecule has 0 aliphatic heterocycles. The van der Waals surface area contributed by atoms with Crippen LogP contribution in [0.15, 0.2) is 18.2 Å². The first-order valence-corrected chi connectivity index (χ1v) is 6.70. The van der Waals surface area contributed by atoms with Crippen LogP contribution in [-0.4, -0.2) is 20.1 Å². The third-order valence-corrected chi connectivity index (χ3v) is 3.10. The van der Waals surface area contributed by atoms with Crippen molar-refractivity contribution in [2.45, 2.75) is 40.2 Å². The molecular formula is C15H26N2. The molecular weight excluding hydrogens is 208 g/mol. The molecule has 0 heterocycles. The predicted octanol–water partition coefficient (Wildman–Crippen LogP) is 3.34. The number of hydrogen-bond donors (Lipinski definition) is 1. The zero-order valence-corrected chi connectivity index (χ0v) is 11.7. The van der Waals surface area contributed by atoms with Crippen LogP contribution in [0.1, 0.15) is 37.8 Å². The number of rotatable bonds is 7. The molecule has 0 radical (unpaired) electrons. The summed E-state index contributed by atoms with van der Waals surface area (Å²) in [5.74, 6) is 0. The van der Waals surface area contributed by atoms with Crippen molar-refractivity contribution >= 4 is 5.69 Å². The average molecular weight is 234 g/mol. The Balaban J connectivity index is 2.68. The van der Waals surface area contributed by atoms with E-state index >= 15 is 0 Å². The Morgan fingerprint density at radius 3 is 2.59 bits per heavy atom. The van der Waals surface area contributed by atoms with Crippen LogP contribution < -0.4 is 10.2 Å². The summed E-state index contributed by atoms with van der Waals surface area (Å²) in [7, 11) is 2.18. The molecule has 0 atom stereocenters. The summed E-state index contributed by atoms with van der Waals surface area (Å²) in [5.41, 5.74) is 4.11. The maximum atomic E-state index is 3.36. The fourth-order valence-corrected chi connectivity index (χ4v) is 2.04. The van der Waals surface area contributed by atoms with Crippen LogP contribution in [0.5, 0.6) is 0 Å². The van der Waals surface area contributed by atoms with Gasteiger partial charge >= 0.3 is 0 Å². The topological polar surface area (TPSA) is 15.3 Å². The Hall–Kier alpha value is -1.02. The molecule has 2 heteroatoms. The highest BCUT2D eigenvalue weighted by molar-refractivity contribution is 5.53. The Morgan fingerprint density at radius 1 is 1.24 bits per heavy atom. The van der Waals surface area contributed by atoms with Crippen molar-refractivity contribution in [1.82, 2.24) is 5.32 Å². The van der Waals surface area contributed by atoms with Gasteiger partial charge in [0.1, 0.15) is 0 Å². The van der Waals surface area contributed by atoms with E-state index in [-0.39, 0.29) is 0 Å². The summed E-state index contributed by atoms with van der Waals surface area (Å²) < 4.78 is 0. The number of hydrogen-bond acceptors (Lipinski definition) is 2. The second kappa shape index (κ2) is 7.33. The van der Waals surface area contributed by atoms with Crippen LogP contribution in [-0.2, 0) is 6.54 Å². The standard InChI is InChI=1S/C15H26N2/c1-5-7-10-17(4)15-9-8-14(11-13(15)3)12-16-6-2/h8-9,11,16H,5-7,10,12H2,1-4H3. The van der Waals surface area contributed by atoms with Gasteiger partial charge in [0, 0.05) is 25.8 Å². The van der Waals surface area contributed by atoms with E-state index in [1.165, 1.54) is 29.7 Å². The van der Waals surface area contributed by atoms with Gasteiger partial charge in [-0.1, -0.05) is 32.4 Å². The van der Waals surface area contributed by atoms with E-state index in [0.717, 1.165) is 19.6 Å². The van der Waals surface area contributed by atoms with E-state index in [9.17, 15) is 0 Å². The summed E-state index contributed by atoms with van der Waals surface area (Å²) in [6.07, 6.45) is 2.51. The Kier molecular flexibility index (Phi) is 6.06. The molecule has 0 aromatic heterocycles. The zero-order valence-electron chi connectivity index (χ0n) is 11.7. The SMILES string of the molecule is CCCCN(C)c1ccc(CNCC)cc1C. The highest BCUT2D eigenvalue weighted by atomic mass is 15.1. The fourth-order valence-electron chi connectivity index (χ4n) is 2.04. The van der Waals surface area contributed by atoms with Crippen LogP contribution >= 0.6 is 0 Å². The molecule has 0 bridgehead atoms. The molecule has 1 aromatic rings. The van der Waals surface area contributed by atoms with Crippen molar-refractivity contribution in [3.8, 4) is 0 Å². The number of nitrogens with zero attached hydrogens (tertiary/aromatic N) is 1. The monoisotopic (exact) mass is 234 g/mol. The lowest BCUT2D eigenvalue weighted by Gasteiger charge is -2.21. The predicted molar refractivity (Wildman–Crippen MR) is 76.7 cm³/mol. The third kappa shape index (κ3) is 4.39. The highest BCUT2D eigenvalue weighted by Gasteiger charge is 2.04. The van der Waals surface area contributed by atoms with Gasteiger partial charge in [-0.3, -0.25) is 0 Å². The van der Waals surface area contributed by atoms with Gasteiger partial charge < -0.3 is 10.2 Å². The smallest absolute Gasteiger partial charge is 0.0393 e. The van der Waals surface area contributed by atoms with E-state index in [2.05, 4.69) is 56.2 Å². The second-order valence-electron chi connectivity index (χ2n) is 4.68. The molecule has 0 spiro atoms. The summed E-state index contributed by atoms with van der Waals surface area (Å²) in [6.45, 7) is 9.71. The number of benzene rings is 1. The molecule has 1 aromatic carbocycles. The van der Waals surface area contributed by atoms with Crippen molar-refractivity contribution in [1.29, 1.82) is 0 Å². The van der Waals surface area contributed by atoms with Crippen molar-refractivity contribution in [2.75, 3.05) is 25.0 Å². The molecule has 17 heavy (non-hydrogen) atoms. The quantitative estimate of drug-likeness (QED) is 0.778. The number of unbranched alkanes of at least 4 members (excludes halogenated alkanes) is 1. The fraction of sp³-hybridized carbons (Fsp3) is 0.600. The van der Waals surface area contributed by atoms with Crippen molar-refractivity contribution in [3.05, 3.63) is 29.3 Å². The second-order valence-corrected chi connectivity index (χ2v) is 4.68. The zero-order chi connectivity index (χ0) is 12.7. The van der Waals surface area contributed by atoms with E-state index in [1.807, 2.05) is 0 Å². The molecule has 1 rings (SSSR count). The van der Waals surface area contributed by atoms with Gasteiger partial charge in [0.2, 0.25) is 0 Å². The lowest BCUT2D eigenvalue weighted by Crippen LogP contribution is -2.19. The summed E-state index contributed by atoms with van der Waals surface area (Å²) >= 11 is 0. The van der Waals surface area contributed by atoms with Gasteiger partial charge in [-0.05, 0) is 37.1 Å². The average Bonchev–Trinajstić information content (AvgIpc) is 2.33. The van der Waals surface area contributed by atoms with Crippen LogP contribution in [0.3, 0.4) is 0 Å². The van der Waals surface area contributed by atoms with E-state index in [4.69, 9.17) is 0 Å². The molecule has 0 aliphatic rings. The number of aryl methyl sites for hydroxylation is 1. The van der Waals surface area contributed by atoms with Gasteiger partial charge in [-0.2, -0.15) is 0 Å². The first-order valence-electron chi connectivity index (χ1n) is 6.70. The molecule has 1 N–H and O–H groups in total. The maximum Gasteiger partial charge on any atom is 0.0393 e. The first-order chi connectivity index (χ1) is 8.19. The van der Waals surface area contributed by atoms with Gasteiger partial charge in [-0.25, -0.2) is 0 Å². The van der Waals surface area contributed by atoms with Gasteiger partial charge in [-0.15, -0.1) is 0 Å². The minimum atomic E-state index is 0.969. The molecule has 96 valence electrons. The largest absolute Gasteiger partial charge is 0.374 e. The minimum absolute atomic E-state index is 0.969. The van der Waals surface area contributed by atoms with Crippen molar-refractivity contribution in [3.63, 3.8) is 0 Å². The van der Waals surface area contributed by atoms with Crippen molar-refractivity contribution in [2.24, 2.45) is 0 Å². The van der Waals surface area contributed by atoms with Gasteiger partial charge in [0.25, 0.3) is 0 Å². The minimum Gasteiger partial charge on any atom is -0.374 e. The van der Waals surface area contributed by atoms with Crippen LogP contribution in [0.25, 0.3) is 0 Å². The van der Waals surface area contributed by atoms with E-state index < -0.39 is 0 Å². The van der Waals surface area contributed by atoms with Crippen LogP contribution in [0.4, 0.5) is 5.69 Å². The van der Waals surface area contributed by atoms with E-state index in [0.29, 0.717) is 0 Å². The third-order valence-electron chi connectivity index (χ3n) is 3.10. The number of anilines is 1. The molecule has 0 unspecified atom stereocenters. The molecule has 0 saturated heterocycles. The first kappa shape index (κ1) is 14.0. The van der Waals surface area contributed by atoms with E-state index in [1.54, 1.807) is 0 Å². The maximum absolute atomic E-state index is 3.36. The van der Waals surface area contributed by atoms with Crippen LogP contribution in [0.2, 0.25) is 0 Å². The Labute approximate surface area is 106 Å². The summed E-state index contributed by atoms with van der Waals surface area (Å²) in [4.78, 5) is 2.36. The normalized spacial score (nSPS) is 10.6. The lowest BCUT2D eigenvalue weighted by atomic mass is 10.1. The van der Waals surface area contributed by atoms with Gasteiger partial charge in [0.15, 0.2) is 0 Å². The number of nitrogens with one attached hydrogen (secondary N) is 1. The lowest BCUT2D eigenvalue weighted by molar-refractivity contribution is 0.725. The van der Waals surface area contributed by atoms with Crippen molar-refractivity contribution < 1.29 is 0 Å². The van der Waals surface area contributed by atoms with Gasteiger partial charge in [0.05, 0.1) is 0 Å². The Morgan fingerprint density at radius 2 is 2.00 bits per heavy atom. The highest BCUT2D eigenvalue weighted by Crippen LogP contribution is 2.20. The molecule has 2 nitrogen and oxygen atoms in total. The molecule has 0 aliphatic carbocycles. The molecule has 0 fully saturated rings. The van der Waals surface area contributed by atoms with Crippen LogP contribution in [0, 0.1) is 6.92 Å². The molecule has 0 saturated carbocycles. The summed E-state index contributed by atoms with van der Waals surface area (Å²) in [6, 6.07) is 6.77. The molecule has 0 amide bonds.